The molecular formula is C15H18N4O. The average Bonchev–Trinajstić information content (AvgIpc) is 2.95. The van der Waals surface area contributed by atoms with Gasteiger partial charge in [0.25, 0.3) is 0 Å². The molecule has 1 N–H and O–H groups in total. The van der Waals surface area contributed by atoms with Crippen molar-refractivity contribution in [3.63, 3.8) is 0 Å². The summed E-state index contributed by atoms with van der Waals surface area (Å²) in [5, 5.41) is 7.74. The fourth-order valence-corrected chi connectivity index (χ4v) is 2.54. The van der Waals surface area contributed by atoms with Crippen LogP contribution in [0.5, 0.6) is 0 Å². The lowest BCUT2D eigenvalue weighted by Gasteiger charge is -2.15. The number of rotatable bonds is 3. The van der Waals surface area contributed by atoms with Crippen LogP contribution in [0.1, 0.15) is 35.6 Å². The van der Waals surface area contributed by atoms with E-state index in [1.165, 1.54) is 0 Å². The van der Waals surface area contributed by atoms with Crippen LogP contribution >= 0.6 is 0 Å². The number of nitrogens with zero attached hydrogens (tertiary/aromatic N) is 3. The van der Waals surface area contributed by atoms with Crippen LogP contribution in [0.4, 0.5) is 5.82 Å². The largest absolute Gasteiger partial charge is 0.466 e. The van der Waals surface area contributed by atoms with Gasteiger partial charge in [-0.1, -0.05) is 0 Å². The van der Waals surface area contributed by atoms with Gasteiger partial charge in [0.1, 0.15) is 23.7 Å². The highest BCUT2D eigenvalue weighted by Gasteiger charge is 2.14. The summed E-state index contributed by atoms with van der Waals surface area (Å²) >= 11 is 0. The van der Waals surface area contributed by atoms with Gasteiger partial charge in [0.2, 0.25) is 0 Å². The molecule has 3 rings (SSSR count). The smallest absolute Gasteiger partial charge is 0.157 e. The Hall–Kier alpha value is -2.30. The summed E-state index contributed by atoms with van der Waals surface area (Å²) < 4.78 is 7.41. The Kier molecular flexibility index (Phi) is 2.97. The molecule has 0 aliphatic rings. The molecule has 104 valence electrons. The third-order valence-electron chi connectivity index (χ3n) is 3.43. The maximum Gasteiger partial charge on any atom is 0.157 e. The van der Waals surface area contributed by atoms with Gasteiger partial charge in [-0.15, -0.1) is 0 Å². The van der Waals surface area contributed by atoms with Gasteiger partial charge in [-0.25, -0.2) is 4.98 Å². The van der Waals surface area contributed by atoms with Gasteiger partial charge in [0, 0.05) is 5.56 Å². The number of fused-ring (bicyclic) bond motifs is 1. The van der Waals surface area contributed by atoms with Crippen molar-refractivity contribution in [1.82, 2.24) is 14.6 Å². The molecule has 20 heavy (non-hydrogen) atoms. The molecule has 3 heterocycles. The molecule has 1 atom stereocenters. The summed E-state index contributed by atoms with van der Waals surface area (Å²) in [6.07, 6.45) is 1.57. The average molecular weight is 270 g/mol. The molecule has 0 aliphatic heterocycles. The van der Waals surface area contributed by atoms with E-state index in [-0.39, 0.29) is 6.04 Å². The Morgan fingerprint density at radius 1 is 1.20 bits per heavy atom. The molecule has 5 heteroatoms. The first-order valence-corrected chi connectivity index (χ1v) is 6.68. The molecule has 0 fully saturated rings. The fourth-order valence-electron chi connectivity index (χ4n) is 2.54. The SMILES string of the molecule is Cc1cc(NC(C)c2cc(C)oc2C)n2ncnc2c1. The molecule has 0 spiro atoms. The molecule has 0 radical (unpaired) electrons. The molecule has 0 aliphatic carbocycles. The van der Waals surface area contributed by atoms with Crippen LogP contribution in [0.15, 0.2) is 28.9 Å². The van der Waals surface area contributed by atoms with Crippen molar-refractivity contribution in [2.24, 2.45) is 0 Å². The normalized spacial score (nSPS) is 12.8. The minimum absolute atomic E-state index is 0.140. The predicted molar refractivity (Wildman–Crippen MR) is 77.9 cm³/mol. The number of aryl methyl sites for hydroxylation is 3. The zero-order valence-electron chi connectivity index (χ0n) is 12.1. The lowest BCUT2D eigenvalue weighted by molar-refractivity contribution is 0.499. The molecule has 1 unspecified atom stereocenters. The first kappa shape index (κ1) is 12.7. The third kappa shape index (κ3) is 2.15. The summed E-state index contributed by atoms with van der Waals surface area (Å²) in [6.45, 7) is 8.12. The highest BCUT2D eigenvalue weighted by Crippen LogP contribution is 2.25. The summed E-state index contributed by atoms with van der Waals surface area (Å²) in [6, 6.07) is 6.29. The van der Waals surface area contributed by atoms with Crippen LogP contribution in [0.25, 0.3) is 5.65 Å². The molecule has 0 amide bonds. The summed E-state index contributed by atoms with van der Waals surface area (Å²) in [5.41, 5.74) is 3.16. The minimum atomic E-state index is 0.140. The van der Waals surface area contributed by atoms with Gasteiger partial charge >= 0.3 is 0 Å². The van der Waals surface area contributed by atoms with E-state index in [9.17, 15) is 0 Å². The molecule has 3 aromatic heterocycles. The Labute approximate surface area is 117 Å². The second-order valence-corrected chi connectivity index (χ2v) is 5.18. The van der Waals surface area contributed by atoms with E-state index < -0.39 is 0 Å². The summed E-state index contributed by atoms with van der Waals surface area (Å²) in [7, 11) is 0. The van der Waals surface area contributed by atoms with E-state index in [0.29, 0.717) is 0 Å². The van der Waals surface area contributed by atoms with Crippen molar-refractivity contribution < 1.29 is 4.42 Å². The standard InChI is InChI=1S/C15H18N4O/c1-9-5-14-16-8-17-19(14)15(6-9)18-11(3)13-7-10(2)20-12(13)4/h5-8,11,18H,1-4H3. The van der Waals surface area contributed by atoms with E-state index in [1.54, 1.807) is 6.33 Å². The number of aromatic nitrogens is 3. The number of hydrogen-bond acceptors (Lipinski definition) is 4. The van der Waals surface area contributed by atoms with Gasteiger partial charge in [-0.2, -0.15) is 9.61 Å². The van der Waals surface area contributed by atoms with Crippen molar-refractivity contribution in [3.8, 4) is 0 Å². The lowest BCUT2D eigenvalue weighted by atomic mass is 10.1. The van der Waals surface area contributed by atoms with Gasteiger partial charge in [0.15, 0.2) is 5.65 Å². The first-order chi connectivity index (χ1) is 9.54. The maximum atomic E-state index is 5.59. The molecule has 3 aromatic rings. The topological polar surface area (TPSA) is 55.4 Å². The van der Waals surface area contributed by atoms with E-state index in [2.05, 4.69) is 41.4 Å². The Bertz CT molecular complexity index is 756. The molecule has 5 nitrogen and oxygen atoms in total. The van der Waals surface area contributed by atoms with Gasteiger partial charge < -0.3 is 9.73 Å². The van der Waals surface area contributed by atoms with Crippen molar-refractivity contribution in [2.45, 2.75) is 33.7 Å². The van der Waals surface area contributed by atoms with Crippen molar-refractivity contribution in [3.05, 3.63) is 47.2 Å². The van der Waals surface area contributed by atoms with Crippen molar-refractivity contribution in [2.75, 3.05) is 5.32 Å². The second kappa shape index (κ2) is 4.67. The molecule has 0 aromatic carbocycles. The predicted octanol–water partition coefficient (Wildman–Crippen LogP) is 3.42. The van der Waals surface area contributed by atoms with E-state index in [0.717, 1.165) is 34.1 Å². The minimum Gasteiger partial charge on any atom is -0.466 e. The number of nitrogens with one attached hydrogen (secondary N) is 1. The van der Waals surface area contributed by atoms with E-state index >= 15 is 0 Å². The number of anilines is 1. The second-order valence-electron chi connectivity index (χ2n) is 5.18. The number of hydrogen-bond donors (Lipinski definition) is 1. The Balaban J connectivity index is 1.96. The Morgan fingerprint density at radius 3 is 2.70 bits per heavy atom. The fraction of sp³-hybridized carbons (Fsp3) is 0.333. The van der Waals surface area contributed by atoms with Gasteiger partial charge in [-0.05, 0) is 51.5 Å². The zero-order chi connectivity index (χ0) is 14.3. The maximum absolute atomic E-state index is 5.59. The highest BCUT2D eigenvalue weighted by atomic mass is 16.3. The molecule has 0 saturated heterocycles. The summed E-state index contributed by atoms with van der Waals surface area (Å²) in [5.74, 6) is 2.81. The molecular weight excluding hydrogens is 252 g/mol. The van der Waals surface area contributed by atoms with E-state index in [4.69, 9.17) is 4.42 Å². The Morgan fingerprint density at radius 2 is 2.00 bits per heavy atom. The number of furan rings is 1. The van der Waals surface area contributed by atoms with Crippen molar-refractivity contribution in [1.29, 1.82) is 0 Å². The van der Waals surface area contributed by atoms with Crippen LogP contribution in [-0.2, 0) is 0 Å². The van der Waals surface area contributed by atoms with Gasteiger partial charge in [-0.3, -0.25) is 0 Å². The van der Waals surface area contributed by atoms with Crippen LogP contribution in [0.2, 0.25) is 0 Å². The van der Waals surface area contributed by atoms with Crippen molar-refractivity contribution >= 4 is 11.5 Å². The van der Waals surface area contributed by atoms with Crippen LogP contribution < -0.4 is 5.32 Å². The number of pyridine rings is 1. The third-order valence-corrected chi connectivity index (χ3v) is 3.43. The quantitative estimate of drug-likeness (QED) is 0.792. The zero-order valence-corrected chi connectivity index (χ0v) is 12.1. The van der Waals surface area contributed by atoms with Crippen LogP contribution in [-0.4, -0.2) is 14.6 Å². The van der Waals surface area contributed by atoms with Gasteiger partial charge in [0.05, 0.1) is 6.04 Å². The summed E-state index contributed by atoms with van der Waals surface area (Å²) in [4.78, 5) is 4.24. The van der Waals surface area contributed by atoms with Crippen LogP contribution in [0.3, 0.4) is 0 Å². The molecule has 0 saturated carbocycles. The lowest BCUT2D eigenvalue weighted by Crippen LogP contribution is -2.10. The monoisotopic (exact) mass is 270 g/mol. The van der Waals surface area contributed by atoms with Crippen LogP contribution in [0, 0.1) is 20.8 Å². The molecule has 0 bridgehead atoms. The van der Waals surface area contributed by atoms with E-state index in [1.807, 2.05) is 24.4 Å². The first-order valence-electron chi connectivity index (χ1n) is 6.68. The highest BCUT2D eigenvalue weighted by molar-refractivity contribution is 5.52.